The Morgan fingerprint density at radius 3 is 3.04 bits per heavy atom. The molecule has 1 saturated heterocycles. The molecule has 0 amide bonds. The average Bonchev–Trinajstić information content (AvgIpc) is 2.66. The highest BCUT2D eigenvalue weighted by molar-refractivity contribution is 5.62. The van der Waals surface area contributed by atoms with E-state index < -0.39 is 0 Å². The van der Waals surface area contributed by atoms with Crippen molar-refractivity contribution in [2.75, 3.05) is 30.4 Å². The van der Waals surface area contributed by atoms with Gasteiger partial charge < -0.3 is 20.1 Å². The minimum atomic E-state index is -0.314. The summed E-state index contributed by atoms with van der Waals surface area (Å²) < 4.78 is 5.14. The van der Waals surface area contributed by atoms with Crippen LogP contribution in [0.2, 0.25) is 0 Å². The first kappa shape index (κ1) is 17.0. The molecule has 0 bridgehead atoms. The van der Waals surface area contributed by atoms with Crippen LogP contribution in [-0.2, 0) is 6.54 Å². The molecule has 3 rings (SSSR count). The lowest BCUT2D eigenvalue weighted by Gasteiger charge is -2.32. The van der Waals surface area contributed by atoms with Crippen LogP contribution in [0, 0.1) is 11.3 Å². The molecule has 2 aromatic rings. The first-order valence-corrected chi connectivity index (χ1v) is 8.26. The fourth-order valence-electron chi connectivity index (χ4n) is 3.04. The van der Waals surface area contributed by atoms with E-state index in [9.17, 15) is 10.4 Å². The Bertz CT molecular complexity index is 774. The molecule has 0 saturated carbocycles. The standard InChI is InChI=1S/C18H21N5O2/c1-25-18-15(10-19)16(6-8-21-18)22-11-13-4-2-7-20-17(13)23-9-3-5-14(24)12-23/h2,4,6-8,14,24H,3,5,9,11-12H2,1H3,(H,21,22)/t14-/m0/s1. The molecule has 7 nitrogen and oxygen atoms in total. The van der Waals surface area contributed by atoms with Crippen molar-refractivity contribution in [3.63, 3.8) is 0 Å². The Balaban J connectivity index is 1.80. The van der Waals surface area contributed by atoms with Crippen LogP contribution in [0.25, 0.3) is 0 Å². The molecular weight excluding hydrogens is 318 g/mol. The zero-order chi connectivity index (χ0) is 17.6. The molecule has 1 aliphatic rings. The number of β-amino-alcohol motifs (C(OH)–C–C–N with tert-alkyl or cyclic N) is 1. The third kappa shape index (κ3) is 3.80. The molecule has 7 heteroatoms. The predicted molar refractivity (Wildman–Crippen MR) is 94.5 cm³/mol. The molecule has 1 aliphatic heterocycles. The smallest absolute Gasteiger partial charge is 0.233 e. The number of aliphatic hydroxyl groups is 1. The topological polar surface area (TPSA) is 94.3 Å². The fourth-order valence-corrected chi connectivity index (χ4v) is 3.04. The van der Waals surface area contributed by atoms with Gasteiger partial charge in [0, 0.05) is 37.6 Å². The highest BCUT2D eigenvalue weighted by Gasteiger charge is 2.21. The number of pyridine rings is 2. The van der Waals surface area contributed by atoms with Gasteiger partial charge in [0.25, 0.3) is 0 Å². The van der Waals surface area contributed by atoms with Crippen molar-refractivity contribution < 1.29 is 9.84 Å². The largest absolute Gasteiger partial charge is 0.480 e. The third-order valence-electron chi connectivity index (χ3n) is 4.25. The highest BCUT2D eigenvalue weighted by Crippen LogP contribution is 2.26. The number of nitrogens with one attached hydrogen (secondary N) is 1. The Hall–Kier alpha value is -2.85. The second kappa shape index (κ2) is 7.81. The minimum Gasteiger partial charge on any atom is -0.480 e. The summed E-state index contributed by atoms with van der Waals surface area (Å²) in [4.78, 5) is 10.7. The number of piperidine rings is 1. The fraction of sp³-hybridized carbons (Fsp3) is 0.389. The van der Waals surface area contributed by atoms with E-state index in [0.717, 1.165) is 30.8 Å². The molecule has 0 aromatic carbocycles. The normalized spacial score (nSPS) is 17.0. The average molecular weight is 339 g/mol. The number of ether oxygens (including phenoxy) is 1. The summed E-state index contributed by atoms with van der Waals surface area (Å²) >= 11 is 0. The Morgan fingerprint density at radius 1 is 1.40 bits per heavy atom. The molecule has 130 valence electrons. The lowest BCUT2D eigenvalue weighted by molar-refractivity contribution is 0.154. The highest BCUT2D eigenvalue weighted by atomic mass is 16.5. The Morgan fingerprint density at radius 2 is 2.28 bits per heavy atom. The van der Waals surface area contributed by atoms with Gasteiger partial charge in [-0.15, -0.1) is 0 Å². The molecule has 0 aliphatic carbocycles. The van der Waals surface area contributed by atoms with E-state index in [-0.39, 0.29) is 6.10 Å². The van der Waals surface area contributed by atoms with E-state index >= 15 is 0 Å². The summed E-state index contributed by atoms with van der Waals surface area (Å²) in [6.07, 6.45) is 4.83. The summed E-state index contributed by atoms with van der Waals surface area (Å²) in [5.74, 6) is 1.17. The van der Waals surface area contributed by atoms with Gasteiger partial charge >= 0.3 is 0 Å². The van der Waals surface area contributed by atoms with Crippen molar-refractivity contribution in [2.24, 2.45) is 0 Å². The zero-order valence-electron chi connectivity index (χ0n) is 14.1. The minimum absolute atomic E-state index is 0.304. The van der Waals surface area contributed by atoms with Crippen molar-refractivity contribution in [1.82, 2.24) is 9.97 Å². The first-order valence-electron chi connectivity index (χ1n) is 8.26. The van der Waals surface area contributed by atoms with E-state index in [1.165, 1.54) is 7.11 Å². The van der Waals surface area contributed by atoms with Crippen LogP contribution in [-0.4, -0.2) is 41.4 Å². The molecule has 1 fully saturated rings. The van der Waals surface area contributed by atoms with Crippen molar-refractivity contribution in [3.8, 4) is 11.9 Å². The van der Waals surface area contributed by atoms with Crippen LogP contribution in [0.3, 0.4) is 0 Å². The van der Waals surface area contributed by atoms with E-state index in [4.69, 9.17) is 4.74 Å². The van der Waals surface area contributed by atoms with Gasteiger partial charge in [0.15, 0.2) is 0 Å². The van der Waals surface area contributed by atoms with Crippen molar-refractivity contribution in [2.45, 2.75) is 25.5 Å². The van der Waals surface area contributed by atoms with Gasteiger partial charge in [0.1, 0.15) is 17.5 Å². The number of methoxy groups -OCH3 is 1. The van der Waals surface area contributed by atoms with Crippen molar-refractivity contribution >= 4 is 11.5 Å². The number of aromatic nitrogens is 2. The molecule has 2 N–H and O–H groups in total. The van der Waals surface area contributed by atoms with Gasteiger partial charge in [-0.05, 0) is 25.0 Å². The number of aliphatic hydroxyl groups excluding tert-OH is 1. The maximum atomic E-state index is 9.92. The summed E-state index contributed by atoms with van der Waals surface area (Å²) in [7, 11) is 1.49. The SMILES string of the molecule is COc1nccc(NCc2cccnc2N2CCC[C@H](O)C2)c1C#N. The molecule has 0 radical (unpaired) electrons. The molecule has 0 unspecified atom stereocenters. The number of hydrogen-bond donors (Lipinski definition) is 2. The molecular formula is C18H21N5O2. The van der Waals surface area contributed by atoms with Crippen LogP contribution in [0.4, 0.5) is 11.5 Å². The molecule has 2 aromatic heterocycles. The maximum absolute atomic E-state index is 9.92. The van der Waals surface area contributed by atoms with E-state index in [1.54, 1.807) is 18.5 Å². The quantitative estimate of drug-likeness (QED) is 0.859. The number of anilines is 2. The van der Waals surface area contributed by atoms with Gasteiger partial charge in [-0.2, -0.15) is 5.26 Å². The Kier molecular flexibility index (Phi) is 5.31. The maximum Gasteiger partial charge on any atom is 0.233 e. The van der Waals surface area contributed by atoms with Crippen LogP contribution in [0.1, 0.15) is 24.0 Å². The zero-order valence-corrected chi connectivity index (χ0v) is 14.1. The molecule has 1 atom stereocenters. The van der Waals surface area contributed by atoms with E-state index in [0.29, 0.717) is 30.2 Å². The van der Waals surface area contributed by atoms with Gasteiger partial charge in [-0.3, -0.25) is 0 Å². The van der Waals surface area contributed by atoms with E-state index in [1.807, 2.05) is 12.1 Å². The molecule has 0 spiro atoms. The lowest BCUT2D eigenvalue weighted by atomic mass is 10.1. The Labute approximate surface area is 146 Å². The van der Waals surface area contributed by atoms with Gasteiger partial charge in [0.05, 0.1) is 18.9 Å². The second-order valence-corrected chi connectivity index (χ2v) is 5.94. The van der Waals surface area contributed by atoms with Gasteiger partial charge in [0.2, 0.25) is 5.88 Å². The number of hydrogen-bond acceptors (Lipinski definition) is 7. The lowest BCUT2D eigenvalue weighted by Crippen LogP contribution is -2.39. The molecule has 25 heavy (non-hydrogen) atoms. The summed E-state index contributed by atoms with van der Waals surface area (Å²) in [5, 5.41) is 22.6. The summed E-state index contributed by atoms with van der Waals surface area (Å²) in [5.41, 5.74) is 2.06. The number of nitrogens with zero attached hydrogens (tertiary/aromatic N) is 4. The van der Waals surface area contributed by atoms with E-state index in [2.05, 4.69) is 26.3 Å². The van der Waals surface area contributed by atoms with Crippen LogP contribution in [0.15, 0.2) is 30.6 Å². The van der Waals surface area contributed by atoms with Crippen LogP contribution in [0.5, 0.6) is 5.88 Å². The number of rotatable bonds is 5. The third-order valence-corrected chi connectivity index (χ3v) is 4.25. The van der Waals surface area contributed by atoms with Crippen LogP contribution >= 0.6 is 0 Å². The summed E-state index contributed by atoms with van der Waals surface area (Å²) in [6.45, 7) is 1.99. The van der Waals surface area contributed by atoms with Gasteiger partial charge in [-0.1, -0.05) is 6.07 Å². The van der Waals surface area contributed by atoms with Gasteiger partial charge in [-0.25, -0.2) is 9.97 Å². The van der Waals surface area contributed by atoms with Crippen LogP contribution < -0.4 is 15.0 Å². The van der Waals surface area contributed by atoms with Crippen molar-refractivity contribution in [3.05, 3.63) is 41.7 Å². The van der Waals surface area contributed by atoms with Crippen molar-refractivity contribution in [1.29, 1.82) is 5.26 Å². The second-order valence-electron chi connectivity index (χ2n) is 5.94. The number of nitriles is 1. The monoisotopic (exact) mass is 339 g/mol. The summed E-state index contributed by atoms with van der Waals surface area (Å²) in [6, 6.07) is 7.77. The molecule has 3 heterocycles. The predicted octanol–water partition coefficient (Wildman–Crippen LogP) is 1.93. The first-order chi connectivity index (χ1) is 12.2.